The highest BCUT2D eigenvalue weighted by atomic mass is 16.5. The van der Waals surface area contributed by atoms with Crippen molar-refractivity contribution in [3.63, 3.8) is 0 Å². The molecule has 2 rings (SSSR count). The molecule has 1 aliphatic heterocycles. The van der Waals surface area contributed by atoms with Gasteiger partial charge in [0.05, 0.1) is 20.1 Å². The Hall–Kier alpha value is -2.04. The minimum absolute atomic E-state index is 0.225. The van der Waals surface area contributed by atoms with Crippen molar-refractivity contribution < 1.29 is 19.1 Å². The number of fused-ring (bicyclic) bond motifs is 1. The third-order valence-corrected chi connectivity index (χ3v) is 3.82. The third kappa shape index (κ3) is 3.97. The van der Waals surface area contributed by atoms with E-state index in [0.29, 0.717) is 12.8 Å². The largest absolute Gasteiger partial charge is 0.469 e. The minimum atomic E-state index is -0.318. The van der Waals surface area contributed by atoms with E-state index < -0.39 is 0 Å². The summed E-state index contributed by atoms with van der Waals surface area (Å²) < 4.78 is 9.47. The molecule has 0 aliphatic carbocycles. The molecule has 0 spiro atoms. The summed E-state index contributed by atoms with van der Waals surface area (Å²) >= 11 is 0. The summed E-state index contributed by atoms with van der Waals surface area (Å²) in [5.74, 6) is -0.902. The van der Waals surface area contributed by atoms with Crippen LogP contribution >= 0.6 is 0 Å². The zero-order valence-electron chi connectivity index (χ0n) is 12.5. The van der Waals surface area contributed by atoms with Crippen LogP contribution in [0.25, 0.3) is 0 Å². The summed E-state index contributed by atoms with van der Waals surface area (Å²) in [5, 5.41) is 3.31. The second kappa shape index (κ2) is 7.11. The van der Waals surface area contributed by atoms with Gasteiger partial charge in [-0.1, -0.05) is 12.1 Å². The molecule has 1 unspecified atom stereocenters. The van der Waals surface area contributed by atoms with Gasteiger partial charge in [0.2, 0.25) is 0 Å². The second-order valence-corrected chi connectivity index (χ2v) is 5.21. The zero-order valence-corrected chi connectivity index (χ0v) is 12.5. The number of anilines is 1. The Bertz CT molecular complexity index is 527. The molecule has 0 radical (unpaired) electrons. The number of nitrogens with one attached hydrogen (secondary N) is 1. The van der Waals surface area contributed by atoms with Gasteiger partial charge in [-0.15, -0.1) is 0 Å². The van der Waals surface area contributed by atoms with E-state index in [1.807, 2.05) is 12.1 Å². The van der Waals surface area contributed by atoms with Crippen molar-refractivity contribution in [2.45, 2.75) is 25.7 Å². The molecule has 0 fully saturated rings. The van der Waals surface area contributed by atoms with E-state index in [0.717, 1.165) is 18.5 Å². The molecule has 0 saturated carbocycles. The van der Waals surface area contributed by atoms with Gasteiger partial charge in [-0.05, 0) is 36.5 Å². The van der Waals surface area contributed by atoms with Crippen LogP contribution in [0.5, 0.6) is 0 Å². The monoisotopic (exact) mass is 291 g/mol. The second-order valence-electron chi connectivity index (χ2n) is 5.21. The standard InChI is InChI=1S/C16H21NO4/c1-20-15(18)6-4-13(16(19)21-2)10-11-3-5-14-12(9-11)7-8-17-14/h3,5,9,13,17H,4,6-8,10H2,1-2H3. The predicted octanol–water partition coefficient (Wildman–Crippen LogP) is 1.94. The Morgan fingerprint density at radius 2 is 2.10 bits per heavy atom. The smallest absolute Gasteiger partial charge is 0.309 e. The Kier molecular flexibility index (Phi) is 5.20. The van der Waals surface area contributed by atoms with Crippen LogP contribution in [0.2, 0.25) is 0 Å². The highest BCUT2D eigenvalue weighted by Crippen LogP contribution is 2.25. The molecule has 1 N–H and O–H groups in total. The van der Waals surface area contributed by atoms with Crippen molar-refractivity contribution in [2.24, 2.45) is 5.92 Å². The van der Waals surface area contributed by atoms with Crippen LogP contribution < -0.4 is 5.32 Å². The van der Waals surface area contributed by atoms with Crippen molar-refractivity contribution in [2.75, 3.05) is 26.1 Å². The molecule has 0 saturated heterocycles. The maximum atomic E-state index is 11.9. The Morgan fingerprint density at radius 1 is 1.29 bits per heavy atom. The molecule has 1 aromatic carbocycles. The quantitative estimate of drug-likeness (QED) is 0.811. The van der Waals surface area contributed by atoms with Gasteiger partial charge >= 0.3 is 11.9 Å². The van der Waals surface area contributed by atoms with Crippen LogP contribution in [0, 0.1) is 5.92 Å². The van der Waals surface area contributed by atoms with Crippen LogP contribution in [0.4, 0.5) is 5.69 Å². The van der Waals surface area contributed by atoms with Crippen LogP contribution in [-0.2, 0) is 31.9 Å². The van der Waals surface area contributed by atoms with E-state index >= 15 is 0 Å². The first-order chi connectivity index (χ1) is 10.1. The molecule has 1 heterocycles. The number of carbonyl (C=O) groups excluding carboxylic acids is 2. The van der Waals surface area contributed by atoms with E-state index in [9.17, 15) is 9.59 Å². The van der Waals surface area contributed by atoms with Gasteiger partial charge < -0.3 is 14.8 Å². The molecule has 1 atom stereocenters. The van der Waals surface area contributed by atoms with E-state index in [1.54, 1.807) is 0 Å². The predicted molar refractivity (Wildman–Crippen MR) is 79.1 cm³/mol. The normalized spacial score (nSPS) is 14.0. The summed E-state index contributed by atoms with van der Waals surface area (Å²) in [7, 11) is 2.73. The lowest BCUT2D eigenvalue weighted by Gasteiger charge is -2.14. The average Bonchev–Trinajstić information content (AvgIpc) is 2.97. The van der Waals surface area contributed by atoms with Gasteiger partial charge in [-0.2, -0.15) is 0 Å². The fourth-order valence-corrected chi connectivity index (χ4v) is 2.63. The minimum Gasteiger partial charge on any atom is -0.469 e. The van der Waals surface area contributed by atoms with Gasteiger partial charge in [0, 0.05) is 18.7 Å². The van der Waals surface area contributed by atoms with Crippen molar-refractivity contribution in [3.05, 3.63) is 29.3 Å². The van der Waals surface area contributed by atoms with Crippen LogP contribution in [0.1, 0.15) is 24.0 Å². The molecule has 0 amide bonds. The molecule has 5 nitrogen and oxygen atoms in total. The molecule has 5 heteroatoms. The number of ether oxygens (including phenoxy) is 2. The SMILES string of the molecule is COC(=O)CCC(Cc1ccc2c(c1)CCN2)C(=O)OC. The van der Waals surface area contributed by atoms with E-state index in [4.69, 9.17) is 4.74 Å². The first-order valence-electron chi connectivity index (χ1n) is 7.14. The van der Waals surface area contributed by atoms with Crippen molar-refractivity contribution in [3.8, 4) is 0 Å². The summed E-state index contributed by atoms with van der Waals surface area (Å²) in [6.07, 6.45) is 2.25. The van der Waals surface area contributed by atoms with E-state index in [1.165, 1.54) is 25.5 Å². The Morgan fingerprint density at radius 3 is 2.81 bits per heavy atom. The Balaban J connectivity index is 2.03. The van der Waals surface area contributed by atoms with Gasteiger partial charge in [0.1, 0.15) is 0 Å². The first kappa shape index (κ1) is 15.4. The maximum absolute atomic E-state index is 11.9. The van der Waals surface area contributed by atoms with E-state index in [-0.39, 0.29) is 24.3 Å². The van der Waals surface area contributed by atoms with Gasteiger partial charge in [-0.3, -0.25) is 9.59 Å². The number of methoxy groups -OCH3 is 2. The summed E-state index contributed by atoms with van der Waals surface area (Å²) in [4.78, 5) is 23.1. The topological polar surface area (TPSA) is 64.6 Å². The molecular formula is C16H21NO4. The number of rotatable bonds is 6. The molecular weight excluding hydrogens is 270 g/mol. The van der Waals surface area contributed by atoms with Crippen molar-refractivity contribution >= 4 is 17.6 Å². The lowest BCUT2D eigenvalue weighted by molar-refractivity contribution is -0.146. The third-order valence-electron chi connectivity index (χ3n) is 3.82. The molecule has 21 heavy (non-hydrogen) atoms. The fourth-order valence-electron chi connectivity index (χ4n) is 2.63. The number of hydrogen-bond donors (Lipinski definition) is 1. The molecule has 0 aromatic heterocycles. The molecule has 1 aromatic rings. The summed E-state index contributed by atoms with van der Waals surface area (Å²) in [5.41, 5.74) is 3.55. The first-order valence-corrected chi connectivity index (χ1v) is 7.14. The van der Waals surface area contributed by atoms with Crippen LogP contribution in [-0.4, -0.2) is 32.7 Å². The molecule has 1 aliphatic rings. The number of hydrogen-bond acceptors (Lipinski definition) is 5. The zero-order chi connectivity index (χ0) is 15.2. The van der Waals surface area contributed by atoms with Crippen LogP contribution in [0.15, 0.2) is 18.2 Å². The van der Waals surface area contributed by atoms with Crippen molar-refractivity contribution in [1.82, 2.24) is 0 Å². The lowest BCUT2D eigenvalue weighted by atomic mass is 9.93. The van der Waals surface area contributed by atoms with Crippen LogP contribution in [0.3, 0.4) is 0 Å². The highest BCUT2D eigenvalue weighted by Gasteiger charge is 2.22. The van der Waals surface area contributed by atoms with Gasteiger partial charge in [0.15, 0.2) is 0 Å². The average molecular weight is 291 g/mol. The van der Waals surface area contributed by atoms with E-state index in [2.05, 4.69) is 16.1 Å². The number of carbonyl (C=O) groups is 2. The van der Waals surface area contributed by atoms with Gasteiger partial charge in [-0.25, -0.2) is 0 Å². The van der Waals surface area contributed by atoms with Gasteiger partial charge in [0.25, 0.3) is 0 Å². The maximum Gasteiger partial charge on any atom is 0.309 e. The number of esters is 2. The number of benzene rings is 1. The Labute approximate surface area is 124 Å². The highest BCUT2D eigenvalue weighted by molar-refractivity contribution is 5.74. The fraction of sp³-hybridized carbons (Fsp3) is 0.500. The summed E-state index contributed by atoms with van der Waals surface area (Å²) in [6.45, 7) is 0.960. The molecule has 114 valence electrons. The van der Waals surface area contributed by atoms with Crippen molar-refractivity contribution in [1.29, 1.82) is 0 Å². The lowest BCUT2D eigenvalue weighted by Crippen LogP contribution is -2.20. The molecule has 0 bridgehead atoms. The summed E-state index contributed by atoms with van der Waals surface area (Å²) in [6, 6.07) is 6.20.